The number of nitrogens with zero attached hydrogens (tertiary/aromatic N) is 3. The maximum Gasteiger partial charge on any atom is 0.307 e. The molecule has 0 unspecified atom stereocenters. The van der Waals surface area contributed by atoms with Crippen LogP contribution < -0.4 is 10.2 Å². The van der Waals surface area contributed by atoms with Crippen LogP contribution in [0.2, 0.25) is 5.02 Å². The molecule has 26 heavy (non-hydrogen) atoms. The maximum absolute atomic E-state index is 11.8. The Kier molecular flexibility index (Phi) is 4.87. The SMILES string of the molecule is Cc1c(-c2ccnc(Nc3ccc(Cl)c(S(C)(=O)=O)c3)n2)sc(=O)n1C. The molecule has 10 heteroatoms. The molecular weight excluding hydrogens is 396 g/mol. The maximum atomic E-state index is 11.8. The van der Waals surface area contributed by atoms with Gasteiger partial charge in [-0.05, 0) is 31.2 Å². The lowest BCUT2D eigenvalue weighted by Crippen LogP contribution is -2.08. The second kappa shape index (κ2) is 6.82. The topological polar surface area (TPSA) is 94.0 Å². The van der Waals surface area contributed by atoms with E-state index in [-0.39, 0.29) is 20.7 Å². The zero-order valence-corrected chi connectivity index (χ0v) is 16.5. The van der Waals surface area contributed by atoms with Crippen molar-refractivity contribution in [1.29, 1.82) is 0 Å². The van der Waals surface area contributed by atoms with E-state index < -0.39 is 9.84 Å². The third-order valence-corrected chi connectivity index (χ3v) is 6.51. The van der Waals surface area contributed by atoms with E-state index in [1.165, 1.54) is 12.1 Å². The first-order chi connectivity index (χ1) is 12.2. The van der Waals surface area contributed by atoms with Crippen molar-refractivity contribution >= 4 is 44.4 Å². The predicted molar refractivity (Wildman–Crippen MR) is 103 cm³/mol. The lowest BCUT2D eigenvalue weighted by atomic mass is 10.3. The number of thiazole rings is 1. The Labute approximate surface area is 159 Å². The van der Waals surface area contributed by atoms with E-state index in [2.05, 4.69) is 15.3 Å². The standard InChI is InChI=1S/C16H15ClN4O3S2/c1-9-14(25-16(22)21(9)2)12-6-7-18-15(20-12)19-10-4-5-11(17)13(8-10)26(3,23)24/h4-8H,1-3H3,(H,18,19,20). The van der Waals surface area contributed by atoms with Crippen LogP contribution in [0.1, 0.15) is 5.69 Å². The highest BCUT2D eigenvalue weighted by molar-refractivity contribution is 7.90. The third-order valence-electron chi connectivity index (χ3n) is 3.77. The molecule has 0 saturated heterocycles. The molecular formula is C16H15ClN4O3S2. The van der Waals surface area contributed by atoms with E-state index in [0.717, 1.165) is 28.2 Å². The van der Waals surface area contributed by atoms with E-state index in [0.29, 0.717) is 11.4 Å². The van der Waals surface area contributed by atoms with Crippen molar-refractivity contribution in [2.75, 3.05) is 11.6 Å². The molecule has 7 nitrogen and oxygen atoms in total. The fourth-order valence-corrected chi connectivity index (χ4v) is 4.55. The number of nitrogens with one attached hydrogen (secondary N) is 1. The summed E-state index contributed by atoms with van der Waals surface area (Å²) in [4.78, 5) is 21.1. The van der Waals surface area contributed by atoms with Gasteiger partial charge in [-0.1, -0.05) is 22.9 Å². The Hall–Kier alpha value is -2.23. The number of hydrogen-bond acceptors (Lipinski definition) is 7. The van der Waals surface area contributed by atoms with Gasteiger partial charge in [-0.3, -0.25) is 4.79 Å². The molecule has 0 saturated carbocycles. The Morgan fingerprint density at radius 3 is 2.62 bits per heavy atom. The third kappa shape index (κ3) is 3.64. The first kappa shape index (κ1) is 18.6. The summed E-state index contributed by atoms with van der Waals surface area (Å²) in [6.45, 7) is 1.85. The van der Waals surface area contributed by atoms with Crippen molar-refractivity contribution in [2.24, 2.45) is 7.05 Å². The van der Waals surface area contributed by atoms with Gasteiger partial charge in [0.1, 0.15) is 0 Å². The fraction of sp³-hybridized carbons (Fsp3) is 0.188. The lowest BCUT2D eigenvalue weighted by molar-refractivity contribution is 0.602. The van der Waals surface area contributed by atoms with E-state index >= 15 is 0 Å². The van der Waals surface area contributed by atoms with Gasteiger partial charge in [0.15, 0.2) is 9.84 Å². The van der Waals surface area contributed by atoms with Crippen LogP contribution in [0.25, 0.3) is 10.6 Å². The van der Waals surface area contributed by atoms with Gasteiger partial charge < -0.3 is 9.88 Å². The zero-order chi connectivity index (χ0) is 19.1. The molecule has 2 aromatic heterocycles. The second-order valence-electron chi connectivity index (χ2n) is 5.65. The van der Waals surface area contributed by atoms with Gasteiger partial charge in [0.05, 0.1) is 20.5 Å². The van der Waals surface area contributed by atoms with Crippen LogP contribution in [0.3, 0.4) is 0 Å². The number of anilines is 2. The minimum atomic E-state index is -3.46. The van der Waals surface area contributed by atoms with Gasteiger partial charge in [-0.2, -0.15) is 0 Å². The Morgan fingerprint density at radius 2 is 2.00 bits per heavy atom. The molecule has 0 aliphatic carbocycles. The van der Waals surface area contributed by atoms with Crippen molar-refractivity contribution in [1.82, 2.24) is 14.5 Å². The molecule has 0 radical (unpaired) electrons. The van der Waals surface area contributed by atoms with Crippen LogP contribution in [-0.2, 0) is 16.9 Å². The van der Waals surface area contributed by atoms with Crippen LogP contribution >= 0.6 is 22.9 Å². The molecule has 0 aliphatic heterocycles. The van der Waals surface area contributed by atoms with E-state index in [1.54, 1.807) is 29.9 Å². The average Bonchev–Trinajstić information content (AvgIpc) is 2.83. The summed E-state index contributed by atoms with van der Waals surface area (Å²) in [6.07, 6.45) is 2.66. The second-order valence-corrected chi connectivity index (χ2v) is 9.00. The summed E-state index contributed by atoms with van der Waals surface area (Å²) in [5.41, 5.74) is 1.92. The van der Waals surface area contributed by atoms with Crippen LogP contribution in [-0.4, -0.2) is 29.2 Å². The van der Waals surface area contributed by atoms with Gasteiger partial charge >= 0.3 is 4.87 Å². The molecule has 2 heterocycles. The number of hydrogen-bond donors (Lipinski definition) is 1. The summed E-state index contributed by atoms with van der Waals surface area (Å²) < 4.78 is 25.2. The Balaban J connectivity index is 1.97. The molecule has 0 spiro atoms. The number of rotatable bonds is 4. The quantitative estimate of drug-likeness (QED) is 0.710. The minimum Gasteiger partial charge on any atom is -0.324 e. The number of aromatic nitrogens is 3. The van der Waals surface area contributed by atoms with Crippen LogP contribution in [0.4, 0.5) is 11.6 Å². The van der Waals surface area contributed by atoms with E-state index in [9.17, 15) is 13.2 Å². The number of halogens is 1. The summed E-state index contributed by atoms with van der Waals surface area (Å²) in [6, 6.07) is 6.28. The highest BCUT2D eigenvalue weighted by atomic mass is 35.5. The van der Waals surface area contributed by atoms with Crippen molar-refractivity contribution in [3.63, 3.8) is 0 Å². The van der Waals surface area contributed by atoms with Crippen molar-refractivity contribution in [3.05, 3.63) is 50.8 Å². The van der Waals surface area contributed by atoms with Gasteiger partial charge in [0.2, 0.25) is 5.95 Å². The van der Waals surface area contributed by atoms with Crippen LogP contribution in [0.5, 0.6) is 0 Å². The highest BCUT2D eigenvalue weighted by Gasteiger charge is 2.15. The lowest BCUT2D eigenvalue weighted by Gasteiger charge is -2.09. The zero-order valence-electron chi connectivity index (χ0n) is 14.1. The Bertz CT molecular complexity index is 1150. The van der Waals surface area contributed by atoms with E-state index in [4.69, 9.17) is 11.6 Å². The minimum absolute atomic E-state index is 0.0254. The first-order valence-electron chi connectivity index (χ1n) is 7.43. The van der Waals surface area contributed by atoms with Gasteiger partial charge in [-0.15, -0.1) is 0 Å². The number of benzene rings is 1. The summed E-state index contributed by atoms with van der Waals surface area (Å²) in [5, 5.41) is 3.12. The van der Waals surface area contributed by atoms with Gasteiger partial charge in [-0.25, -0.2) is 18.4 Å². The number of sulfone groups is 1. The molecule has 0 atom stereocenters. The smallest absolute Gasteiger partial charge is 0.307 e. The first-order valence-corrected chi connectivity index (χ1v) is 10.5. The summed E-state index contributed by atoms with van der Waals surface area (Å²) >= 11 is 7.06. The molecule has 3 aromatic rings. The molecule has 3 rings (SSSR count). The molecule has 136 valence electrons. The van der Waals surface area contributed by atoms with Crippen molar-refractivity contribution in [2.45, 2.75) is 11.8 Å². The summed E-state index contributed by atoms with van der Waals surface area (Å²) in [7, 11) is -1.75. The van der Waals surface area contributed by atoms with Gasteiger partial charge in [0, 0.05) is 30.9 Å². The largest absolute Gasteiger partial charge is 0.324 e. The molecule has 0 bridgehead atoms. The molecule has 0 aliphatic rings. The normalized spacial score (nSPS) is 11.5. The molecule has 1 N–H and O–H groups in total. The van der Waals surface area contributed by atoms with Crippen LogP contribution in [0.15, 0.2) is 40.2 Å². The van der Waals surface area contributed by atoms with E-state index in [1.807, 2.05) is 6.92 Å². The monoisotopic (exact) mass is 410 g/mol. The molecule has 1 aromatic carbocycles. The predicted octanol–water partition coefficient (Wildman–Crippen LogP) is 3.01. The van der Waals surface area contributed by atoms with Crippen molar-refractivity contribution < 1.29 is 8.42 Å². The van der Waals surface area contributed by atoms with Gasteiger partial charge in [0.25, 0.3) is 0 Å². The fourth-order valence-electron chi connectivity index (χ4n) is 2.30. The van der Waals surface area contributed by atoms with Crippen molar-refractivity contribution in [3.8, 4) is 10.6 Å². The molecule has 0 fully saturated rings. The van der Waals surface area contributed by atoms with Crippen LogP contribution in [0, 0.1) is 6.92 Å². The average molecular weight is 411 g/mol. The Morgan fingerprint density at radius 1 is 1.27 bits per heavy atom. The highest BCUT2D eigenvalue weighted by Crippen LogP contribution is 2.28. The molecule has 0 amide bonds. The summed E-state index contributed by atoms with van der Waals surface area (Å²) in [5.74, 6) is 0.284.